The lowest BCUT2D eigenvalue weighted by atomic mass is 10.1. The van der Waals surface area contributed by atoms with Gasteiger partial charge in [0.2, 0.25) is 5.91 Å². The van der Waals surface area contributed by atoms with E-state index < -0.39 is 0 Å². The highest BCUT2D eigenvalue weighted by Crippen LogP contribution is 2.25. The van der Waals surface area contributed by atoms with E-state index in [-0.39, 0.29) is 24.5 Å². The van der Waals surface area contributed by atoms with Gasteiger partial charge in [0, 0.05) is 6.61 Å². The van der Waals surface area contributed by atoms with Crippen molar-refractivity contribution in [3.8, 4) is 5.75 Å². The van der Waals surface area contributed by atoms with E-state index in [4.69, 9.17) is 13.9 Å². The van der Waals surface area contributed by atoms with Crippen LogP contribution in [0.2, 0.25) is 0 Å². The van der Waals surface area contributed by atoms with Crippen molar-refractivity contribution in [1.29, 1.82) is 0 Å². The Hall–Kier alpha value is -2.80. The highest BCUT2D eigenvalue weighted by atomic mass is 16.5. The van der Waals surface area contributed by atoms with Gasteiger partial charge in [0.1, 0.15) is 18.1 Å². The number of benzene rings is 1. The number of aryl methyl sites for hydroxylation is 1. The van der Waals surface area contributed by atoms with Gasteiger partial charge >= 0.3 is 0 Å². The van der Waals surface area contributed by atoms with Crippen molar-refractivity contribution in [2.45, 2.75) is 32.3 Å². The molecule has 3 rings (SSSR count). The second-order valence-electron chi connectivity index (χ2n) is 6.42. The van der Waals surface area contributed by atoms with Crippen LogP contribution in [0.25, 0.3) is 0 Å². The first kappa shape index (κ1) is 19.0. The normalized spacial score (nSPS) is 16.6. The number of nitrogens with one attached hydrogen (secondary N) is 2. The van der Waals surface area contributed by atoms with Crippen LogP contribution in [0, 0.1) is 6.92 Å². The van der Waals surface area contributed by atoms with Crippen molar-refractivity contribution >= 4 is 17.5 Å². The summed E-state index contributed by atoms with van der Waals surface area (Å²) in [5.74, 6) is 0.401. The van der Waals surface area contributed by atoms with Gasteiger partial charge in [-0.05, 0) is 44.4 Å². The van der Waals surface area contributed by atoms with E-state index in [0.29, 0.717) is 29.4 Å². The summed E-state index contributed by atoms with van der Waals surface area (Å²) in [7, 11) is 0. The van der Waals surface area contributed by atoms with Gasteiger partial charge in [0.15, 0.2) is 0 Å². The van der Waals surface area contributed by atoms with E-state index in [1.165, 1.54) is 6.26 Å². The highest BCUT2D eigenvalue weighted by Gasteiger charge is 2.16. The van der Waals surface area contributed by atoms with Gasteiger partial charge in [0.25, 0.3) is 5.91 Å². The molecule has 1 aromatic heterocycles. The third-order valence-electron chi connectivity index (χ3n) is 4.37. The Balaban J connectivity index is 1.51. The molecule has 1 atom stereocenters. The lowest BCUT2D eigenvalue weighted by molar-refractivity contribution is -0.115. The number of amides is 2. The second-order valence-corrected chi connectivity index (χ2v) is 6.42. The van der Waals surface area contributed by atoms with Gasteiger partial charge in [-0.25, -0.2) is 0 Å². The van der Waals surface area contributed by atoms with Crippen LogP contribution in [0.4, 0.5) is 5.69 Å². The number of rotatable bonds is 7. The molecular weight excluding hydrogens is 348 g/mol. The maximum absolute atomic E-state index is 12.2. The van der Waals surface area contributed by atoms with Crippen LogP contribution in [0.15, 0.2) is 41.0 Å². The van der Waals surface area contributed by atoms with E-state index in [0.717, 1.165) is 25.9 Å². The molecule has 0 radical (unpaired) electrons. The first-order chi connectivity index (χ1) is 13.1. The molecular formula is C20H24N2O5. The molecule has 1 aromatic carbocycles. The lowest BCUT2D eigenvalue weighted by Crippen LogP contribution is -2.33. The predicted octanol–water partition coefficient (Wildman–Crippen LogP) is 2.90. The summed E-state index contributed by atoms with van der Waals surface area (Å²) in [6.45, 7) is 2.76. The molecule has 1 fully saturated rings. The van der Waals surface area contributed by atoms with Crippen molar-refractivity contribution in [2.24, 2.45) is 0 Å². The largest absolute Gasteiger partial charge is 0.489 e. The van der Waals surface area contributed by atoms with Gasteiger partial charge in [-0.1, -0.05) is 12.1 Å². The molecule has 0 unspecified atom stereocenters. The van der Waals surface area contributed by atoms with Crippen molar-refractivity contribution in [1.82, 2.24) is 5.32 Å². The Morgan fingerprint density at radius 3 is 2.81 bits per heavy atom. The maximum Gasteiger partial charge on any atom is 0.255 e. The Kier molecular flexibility index (Phi) is 6.49. The average molecular weight is 372 g/mol. The summed E-state index contributed by atoms with van der Waals surface area (Å²) in [4.78, 5) is 24.2. The van der Waals surface area contributed by atoms with Gasteiger partial charge < -0.3 is 24.5 Å². The summed E-state index contributed by atoms with van der Waals surface area (Å²) in [5.41, 5.74) is 0.978. The quantitative estimate of drug-likeness (QED) is 0.780. The molecule has 27 heavy (non-hydrogen) atoms. The SMILES string of the molecule is Cc1occc1C(=O)NCC(=O)Nc1ccccc1OC[C@@H]1CCCCO1. The van der Waals surface area contributed by atoms with Crippen molar-refractivity contribution in [3.05, 3.63) is 47.9 Å². The molecule has 0 spiro atoms. The molecule has 144 valence electrons. The Morgan fingerprint density at radius 2 is 2.07 bits per heavy atom. The molecule has 2 N–H and O–H groups in total. The summed E-state index contributed by atoms with van der Waals surface area (Å²) in [5, 5.41) is 5.35. The first-order valence-electron chi connectivity index (χ1n) is 9.09. The molecule has 7 nitrogen and oxygen atoms in total. The molecule has 7 heteroatoms. The fourth-order valence-electron chi connectivity index (χ4n) is 2.89. The molecule has 2 aromatic rings. The Labute approximate surface area is 158 Å². The zero-order chi connectivity index (χ0) is 19.1. The predicted molar refractivity (Wildman–Crippen MR) is 99.9 cm³/mol. The monoisotopic (exact) mass is 372 g/mol. The molecule has 1 aliphatic rings. The van der Waals surface area contributed by atoms with Crippen molar-refractivity contribution in [3.63, 3.8) is 0 Å². The van der Waals surface area contributed by atoms with Crippen LogP contribution in [0.1, 0.15) is 35.4 Å². The van der Waals surface area contributed by atoms with E-state index in [1.54, 1.807) is 25.1 Å². The number of ether oxygens (including phenoxy) is 2. The van der Waals surface area contributed by atoms with Crippen LogP contribution < -0.4 is 15.4 Å². The van der Waals surface area contributed by atoms with Crippen molar-refractivity contribution in [2.75, 3.05) is 25.1 Å². The lowest BCUT2D eigenvalue weighted by Gasteiger charge is -2.23. The fourth-order valence-corrected chi connectivity index (χ4v) is 2.89. The van der Waals surface area contributed by atoms with Crippen molar-refractivity contribution < 1.29 is 23.5 Å². The van der Waals surface area contributed by atoms with E-state index in [9.17, 15) is 9.59 Å². The Morgan fingerprint density at radius 1 is 1.22 bits per heavy atom. The number of para-hydroxylation sites is 2. The summed E-state index contributed by atoms with van der Waals surface area (Å²) in [6, 6.07) is 8.78. The van der Waals surface area contributed by atoms with Gasteiger partial charge in [0.05, 0.1) is 30.2 Å². The number of hydrogen-bond donors (Lipinski definition) is 2. The van der Waals surface area contributed by atoms with Crippen LogP contribution in [-0.4, -0.2) is 37.7 Å². The third-order valence-corrected chi connectivity index (χ3v) is 4.37. The number of furan rings is 1. The van der Waals surface area contributed by atoms with E-state index in [1.807, 2.05) is 12.1 Å². The molecule has 1 saturated heterocycles. The zero-order valence-electron chi connectivity index (χ0n) is 15.3. The molecule has 0 bridgehead atoms. The van der Waals surface area contributed by atoms with Gasteiger partial charge in [-0.2, -0.15) is 0 Å². The van der Waals surface area contributed by atoms with Crippen LogP contribution in [0.5, 0.6) is 5.75 Å². The minimum Gasteiger partial charge on any atom is -0.489 e. The van der Waals surface area contributed by atoms with E-state index in [2.05, 4.69) is 10.6 Å². The molecule has 1 aliphatic heterocycles. The minimum atomic E-state index is -0.351. The number of hydrogen-bond acceptors (Lipinski definition) is 5. The molecule has 2 amide bonds. The van der Waals surface area contributed by atoms with Crippen LogP contribution >= 0.6 is 0 Å². The molecule has 2 heterocycles. The number of carbonyl (C=O) groups is 2. The fraction of sp³-hybridized carbons (Fsp3) is 0.400. The van der Waals surface area contributed by atoms with Gasteiger partial charge in [-0.3, -0.25) is 9.59 Å². The number of anilines is 1. The first-order valence-corrected chi connectivity index (χ1v) is 9.09. The van der Waals surface area contributed by atoms with Gasteiger partial charge in [-0.15, -0.1) is 0 Å². The average Bonchev–Trinajstić information content (AvgIpc) is 3.12. The van der Waals surface area contributed by atoms with Crippen LogP contribution in [-0.2, 0) is 9.53 Å². The van der Waals surface area contributed by atoms with Crippen LogP contribution in [0.3, 0.4) is 0 Å². The second kappa shape index (κ2) is 9.23. The standard InChI is InChI=1S/C20H24N2O5/c1-14-16(9-11-25-14)20(24)21-12-19(23)22-17-7-2-3-8-18(17)27-13-15-6-4-5-10-26-15/h2-3,7-9,11,15H,4-6,10,12-13H2,1H3,(H,21,24)(H,22,23)/t15-/m0/s1. The number of carbonyl (C=O) groups excluding carboxylic acids is 2. The minimum absolute atomic E-state index is 0.0833. The Bertz CT molecular complexity index is 780. The zero-order valence-corrected chi connectivity index (χ0v) is 15.3. The maximum atomic E-state index is 12.2. The summed E-state index contributed by atoms with van der Waals surface area (Å²) >= 11 is 0. The molecule has 0 aliphatic carbocycles. The smallest absolute Gasteiger partial charge is 0.255 e. The third kappa shape index (κ3) is 5.34. The topological polar surface area (TPSA) is 89.8 Å². The summed E-state index contributed by atoms with van der Waals surface area (Å²) < 4.78 is 16.6. The highest BCUT2D eigenvalue weighted by molar-refractivity contribution is 6.00. The molecule has 0 saturated carbocycles. The summed E-state index contributed by atoms with van der Waals surface area (Å²) in [6.07, 6.45) is 4.73. The van der Waals surface area contributed by atoms with E-state index >= 15 is 0 Å².